The molecule has 0 saturated carbocycles. The smallest absolute Gasteiger partial charge is 0.270 e. The van der Waals surface area contributed by atoms with Crippen LogP contribution in [0.1, 0.15) is 35.0 Å². The van der Waals surface area contributed by atoms with E-state index >= 15 is 0 Å². The standard InChI is InChI=1S/C29H30N2O4/c1-4-13-35-24-8-5-19(6-9-24)20-7-10-25-22(14-20)15-26(30-25)29(32)31-12-11-21-16-27(33-2)28(34-3)17-23(21)18-31/h5-10,14-17,30H,4,11-13,18H2,1-3H3. The highest BCUT2D eigenvalue weighted by Gasteiger charge is 2.24. The lowest BCUT2D eigenvalue weighted by atomic mass is 9.98. The Kier molecular flexibility index (Phi) is 6.36. The van der Waals surface area contributed by atoms with Crippen molar-refractivity contribution in [2.75, 3.05) is 27.4 Å². The molecule has 1 aromatic heterocycles. The number of carbonyl (C=O) groups is 1. The number of hydrogen-bond acceptors (Lipinski definition) is 4. The molecule has 2 heterocycles. The maximum atomic E-state index is 13.4. The van der Waals surface area contributed by atoms with Crippen LogP contribution in [0.4, 0.5) is 0 Å². The van der Waals surface area contributed by atoms with E-state index < -0.39 is 0 Å². The zero-order valence-corrected chi connectivity index (χ0v) is 20.4. The summed E-state index contributed by atoms with van der Waals surface area (Å²) < 4.78 is 16.6. The molecule has 180 valence electrons. The van der Waals surface area contributed by atoms with E-state index in [2.05, 4.69) is 36.2 Å². The van der Waals surface area contributed by atoms with Crippen molar-refractivity contribution in [3.63, 3.8) is 0 Å². The summed E-state index contributed by atoms with van der Waals surface area (Å²) in [6, 6.07) is 20.3. The fourth-order valence-corrected chi connectivity index (χ4v) is 4.62. The first-order valence-corrected chi connectivity index (χ1v) is 12.0. The first kappa shape index (κ1) is 22.8. The number of rotatable bonds is 7. The molecule has 4 aromatic rings. The molecule has 3 aromatic carbocycles. The minimum Gasteiger partial charge on any atom is -0.494 e. The van der Waals surface area contributed by atoms with Gasteiger partial charge in [0.2, 0.25) is 0 Å². The highest BCUT2D eigenvalue weighted by molar-refractivity contribution is 5.99. The van der Waals surface area contributed by atoms with E-state index in [-0.39, 0.29) is 5.91 Å². The van der Waals surface area contributed by atoms with Crippen LogP contribution in [0.3, 0.4) is 0 Å². The van der Waals surface area contributed by atoms with Crippen molar-refractivity contribution in [1.29, 1.82) is 0 Å². The zero-order chi connectivity index (χ0) is 24.4. The van der Waals surface area contributed by atoms with Gasteiger partial charge in [-0.05, 0) is 77.6 Å². The number of nitrogens with zero attached hydrogens (tertiary/aromatic N) is 1. The van der Waals surface area contributed by atoms with Crippen LogP contribution in [-0.4, -0.2) is 43.2 Å². The van der Waals surface area contributed by atoms with Gasteiger partial charge in [-0.1, -0.05) is 25.1 Å². The second-order valence-electron chi connectivity index (χ2n) is 8.81. The average Bonchev–Trinajstić information content (AvgIpc) is 3.34. The Morgan fingerprint density at radius 2 is 1.63 bits per heavy atom. The normalized spacial score (nSPS) is 12.9. The molecule has 6 nitrogen and oxygen atoms in total. The Bertz CT molecular complexity index is 1360. The minimum atomic E-state index is 0.000565. The molecule has 0 saturated heterocycles. The van der Waals surface area contributed by atoms with Crippen LogP contribution in [0.5, 0.6) is 17.2 Å². The lowest BCUT2D eigenvalue weighted by Crippen LogP contribution is -2.36. The largest absolute Gasteiger partial charge is 0.494 e. The van der Waals surface area contributed by atoms with Gasteiger partial charge < -0.3 is 24.1 Å². The number of fused-ring (bicyclic) bond motifs is 2. The van der Waals surface area contributed by atoms with E-state index in [1.165, 1.54) is 5.56 Å². The number of ether oxygens (including phenoxy) is 3. The molecule has 0 bridgehead atoms. The molecule has 35 heavy (non-hydrogen) atoms. The summed E-state index contributed by atoms with van der Waals surface area (Å²) in [6.07, 6.45) is 1.77. The van der Waals surface area contributed by atoms with Gasteiger partial charge in [0.05, 0.1) is 20.8 Å². The molecule has 1 amide bonds. The highest BCUT2D eigenvalue weighted by atomic mass is 16.5. The Hall–Kier alpha value is -3.93. The second kappa shape index (κ2) is 9.74. The molecule has 1 aliphatic rings. The topological polar surface area (TPSA) is 63.8 Å². The van der Waals surface area contributed by atoms with Crippen molar-refractivity contribution in [3.05, 3.63) is 77.5 Å². The summed E-state index contributed by atoms with van der Waals surface area (Å²) in [5, 5.41) is 1.01. The van der Waals surface area contributed by atoms with Crippen LogP contribution in [0.2, 0.25) is 0 Å². The third kappa shape index (κ3) is 4.56. The fourth-order valence-electron chi connectivity index (χ4n) is 4.62. The Morgan fingerprint density at radius 1 is 0.914 bits per heavy atom. The van der Waals surface area contributed by atoms with Gasteiger partial charge in [0.25, 0.3) is 5.91 Å². The number of nitrogens with one attached hydrogen (secondary N) is 1. The molecule has 0 atom stereocenters. The zero-order valence-electron chi connectivity index (χ0n) is 20.4. The quantitative estimate of drug-likeness (QED) is 0.369. The van der Waals surface area contributed by atoms with E-state index in [0.717, 1.165) is 58.5 Å². The van der Waals surface area contributed by atoms with Gasteiger partial charge in [-0.2, -0.15) is 0 Å². The third-order valence-electron chi connectivity index (χ3n) is 6.52. The average molecular weight is 471 g/mol. The predicted octanol–water partition coefficient (Wildman–Crippen LogP) is 5.84. The van der Waals surface area contributed by atoms with Crippen LogP contribution in [-0.2, 0) is 13.0 Å². The monoisotopic (exact) mass is 470 g/mol. The van der Waals surface area contributed by atoms with Crippen LogP contribution >= 0.6 is 0 Å². The van der Waals surface area contributed by atoms with Crippen molar-refractivity contribution in [1.82, 2.24) is 9.88 Å². The molecular weight excluding hydrogens is 440 g/mol. The Morgan fingerprint density at radius 3 is 2.34 bits per heavy atom. The van der Waals surface area contributed by atoms with Crippen LogP contribution in [0.25, 0.3) is 22.0 Å². The summed E-state index contributed by atoms with van der Waals surface area (Å²) in [5.41, 5.74) is 6.05. The Labute approximate surface area is 205 Å². The molecule has 0 unspecified atom stereocenters. The first-order valence-electron chi connectivity index (χ1n) is 12.0. The maximum Gasteiger partial charge on any atom is 0.270 e. The molecule has 1 N–H and O–H groups in total. The van der Waals surface area contributed by atoms with Gasteiger partial charge in [0.1, 0.15) is 11.4 Å². The number of aromatic amines is 1. The molecule has 1 aliphatic heterocycles. The van der Waals surface area contributed by atoms with Crippen molar-refractivity contribution in [2.45, 2.75) is 26.3 Å². The SMILES string of the molecule is CCCOc1ccc(-c2ccc3[nH]c(C(=O)N4CCc5cc(OC)c(OC)cc5C4)cc3c2)cc1. The van der Waals surface area contributed by atoms with Gasteiger partial charge in [-0.25, -0.2) is 0 Å². The van der Waals surface area contributed by atoms with Crippen LogP contribution in [0.15, 0.2) is 60.7 Å². The molecule has 6 heteroatoms. The summed E-state index contributed by atoms with van der Waals surface area (Å²) in [4.78, 5) is 18.6. The third-order valence-corrected chi connectivity index (χ3v) is 6.52. The van der Waals surface area contributed by atoms with E-state index in [9.17, 15) is 4.79 Å². The van der Waals surface area contributed by atoms with E-state index in [1.807, 2.05) is 41.3 Å². The number of aromatic nitrogens is 1. The van der Waals surface area contributed by atoms with Crippen LogP contribution < -0.4 is 14.2 Å². The van der Waals surface area contributed by atoms with Gasteiger partial charge >= 0.3 is 0 Å². The second-order valence-corrected chi connectivity index (χ2v) is 8.81. The van der Waals surface area contributed by atoms with Crippen molar-refractivity contribution < 1.29 is 19.0 Å². The van der Waals surface area contributed by atoms with Gasteiger partial charge in [-0.15, -0.1) is 0 Å². The predicted molar refractivity (Wildman–Crippen MR) is 138 cm³/mol. The highest BCUT2D eigenvalue weighted by Crippen LogP contribution is 2.34. The maximum absolute atomic E-state index is 13.4. The molecule has 0 radical (unpaired) electrons. The molecule has 0 aliphatic carbocycles. The summed E-state index contributed by atoms with van der Waals surface area (Å²) in [6.45, 7) is 4.02. The van der Waals surface area contributed by atoms with E-state index in [4.69, 9.17) is 14.2 Å². The summed E-state index contributed by atoms with van der Waals surface area (Å²) in [7, 11) is 3.27. The number of H-pyrrole nitrogens is 1. The number of amides is 1. The fraction of sp³-hybridized carbons (Fsp3) is 0.276. The van der Waals surface area contributed by atoms with Gasteiger partial charge in [0.15, 0.2) is 11.5 Å². The summed E-state index contributed by atoms with van der Waals surface area (Å²) in [5.74, 6) is 2.29. The van der Waals surface area contributed by atoms with Crippen molar-refractivity contribution in [3.8, 4) is 28.4 Å². The van der Waals surface area contributed by atoms with Gasteiger partial charge in [0, 0.05) is 24.0 Å². The number of hydrogen-bond donors (Lipinski definition) is 1. The van der Waals surface area contributed by atoms with Crippen molar-refractivity contribution in [2.24, 2.45) is 0 Å². The minimum absolute atomic E-state index is 0.000565. The number of methoxy groups -OCH3 is 2. The van der Waals surface area contributed by atoms with Crippen LogP contribution in [0, 0.1) is 0 Å². The number of benzene rings is 3. The molecule has 0 fully saturated rings. The molecular formula is C29H30N2O4. The number of carbonyl (C=O) groups excluding carboxylic acids is 1. The molecule has 0 spiro atoms. The van der Waals surface area contributed by atoms with Crippen molar-refractivity contribution >= 4 is 16.8 Å². The lowest BCUT2D eigenvalue weighted by molar-refractivity contribution is 0.0729. The Balaban J connectivity index is 1.35. The lowest BCUT2D eigenvalue weighted by Gasteiger charge is -2.29. The van der Waals surface area contributed by atoms with E-state index in [0.29, 0.717) is 24.5 Å². The summed E-state index contributed by atoms with van der Waals surface area (Å²) >= 11 is 0. The van der Waals surface area contributed by atoms with Gasteiger partial charge in [-0.3, -0.25) is 4.79 Å². The first-order chi connectivity index (χ1) is 17.1. The van der Waals surface area contributed by atoms with E-state index in [1.54, 1.807) is 14.2 Å². The molecule has 5 rings (SSSR count).